The molecule has 0 aliphatic carbocycles. The molecule has 4 heteroatoms. The Labute approximate surface area is 121 Å². The van der Waals surface area contributed by atoms with E-state index in [1.54, 1.807) is 13.8 Å². The van der Waals surface area contributed by atoms with E-state index in [0.717, 1.165) is 5.56 Å². The molecule has 1 rings (SSSR count). The van der Waals surface area contributed by atoms with Crippen LogP contribution in [0.4, 0.5) is 0 Å². The highest BCUT2D eigenvalue weighted by Gasteiger charge is 2.26. The lowest BCUT2D eigenvalue weighted by atomic mass is 9.92. The topological polar surface area (TPSA) is 58.6 Å². The summed E-state index contributed by atoms with van der Waals surface area (Å²) in [6, 6.07) is 7.56. The third-order valence-electron chi connectivity index (χ3n) is 3.54. The van der Waals surface area contributed by atoms with E-state index in [0.29, 0.717) is 5.75 Å². The molecule has 2 N–H and O–H groups in total. The molecule has 1 aromatic carbocycles. The van der Waals surface area contributed by atoms with E-state index in [1.807, 2.05) is 45.0 Å². The van der Waals surface area contributed by atoms with Crippen molar-refractivity contribution in [3.63, 3.8) is 0 Å². The fourth-order valence-corrected chi connectivity index (χ4v) is 1.56. The number of ether oxygens (including phenoxy) is 1. The maximum Gasteiger partial charge on any atom is 0.260 e. The number of hydrogen-bond donors (Lipinski definition) is 2. The lowest BCUT2D eigenvalue weighted by Gasteiger charge is -2.28. The molecule has 1 amide bonds. The lowest BCUT2D eigenvalue weighted by molar-refractivity contribution is -0.128. The molecule has 0 aromatic heterocycles. The van der Waals surface area contributed by atoms with E-state index in [2.05, 4.69) is 5.32 Å². The van der Waals surface area contributed by atoms with Gasteiger partial charge in [-0.3, -0.25) is 4.79 Å². The van der Waals surface area contributed by atoms with Crippen LogP contribution in [0.2, 0.25) is 0 Å². The number of carbonyl (C=O) groups is 1. The Morgan fingerprint density at radius 2 is 2.05 bits per heavy atom. The normalized spacial score (nSPS) is 15.6. The van der Waals surface area contributed by atoms with Gasteiger partial charge in [0.15, 0.2) is 6.10 Å². The zero-order valence-electron chi connectivity index (χ0n) is 12.9. The van der Waals surface area contributed by atoms with Crippen LogP contribution in [0, 0.1) is 12.8 Å². The van der Waals surface area contributed by atoms with E-state index < -0.39 is 11.7 Å². The molecular weight excluding hydrogens is 254 g/mol. The van der Waals surface area contributed by atoms with Gasteiger partial charge in [-0.1, -0.05) is 26.0 Å². The number of nitrogens with one attached hydrogen (secondary N) is 1. The van der Waals surface area contributed by atoms with Crippen molar-refractivity contribution < 1.29 is 14.6 Å². The minimum atomic E-state index is -0.918. The highest BCUT2D eigenvalue weighted by atomic mass is 16.5. The fourth-order valence-electron chi connectivity index (χ4n) is 1.56. The second-order valence-electron chi connectivity index (χ2n) is 5.81. The predicted octanol–water partition coefficient (Wildman–Crippen LogP) is 2.29. The van der Waals surface area contributed by atoms with E-state index in [1.165, 1.54) is 0 Å². The summed E-state index contributed by atoms with van der Waals surface area (Å²) in [5, 5.41) is 12.8. The second kappa shape index (κ2) is 6.75. The molecular formula is C16H25NO3. The average molecular weight is 279 g/mol. The molecule has 1 aromatic rings. The molecule has 0 fully saturated rings. The third kappa shape index (κ3) is 4.85. The summed E-state index contributed by atoms with van der Waals surface area (Å²) in [5.74, 6) is 0.506. The summed E-state index contributed by atoms with van der Waals surface area (Å²) in [4.78, 5) is 12.0. The standard InChI is InChI=1S/C16H25NO3/c1-11(2)16(5,19)10-17-15(18)13(4)20-14-8-6-7-12(3)9-14/h6-9,11,13,19H,10H2,1-5H3,(H,17,18). The minimum absolute atomic E-state index is 0.0656. The summed E-state index contributed by atoms with van der Waals surface area (Å²) in [6.07, 6.45) is -0.597. The number of carbonyl (C=O) groups excluding carboxylic acids is 1. The van der Waals surface area contributed by atoms with E-state index in [9.17, 15) is 9.90 Å². The van der Waals surface area contributed by atoms with Crippen LogP contribution in [0.25, 0.3) is 0 Å². The molecule has 0 aliphatic rings. The van der Waals surface area contributed by atoms with Gasteiger partial charge in [-0.15, -0.1) is 0 Å². The molecule has 0 bridgehead atoms. The number of amides is 1. The molecule has 0 radical (unpaired) electrons. The average Bonchev–Trinajstić information content (AvgIpc) is 2.35. The Morgan fingerprint density at radius 3 is 2.60 bits per heavy atom. The second-order valence-corrected chi connectivity index (χ2v) is 5.81. The van der Waals surface area contributed by atoms with Gasteiger partial charge in [0.1, 0.15) is 5.75 Å². The van der Waals surface area contributed by atoms with Crippen molar-refractivity contribution in [1.82, 2.24) is 5.32 Å². The van der Waals surface area contributed by atoms with Crippen LogP contribution in [0.1, 0.15) is 33.3 Å². The van der Waals surface area contributed by atoms with Crippen molar-refractivity contribution in [2.45, 2.75) is 46.3 Å². The fraction of sp³-hybridized carbons (Fsp3) is 0.562. The molecule has 4 nitrogen and oxygen atoms in total. The summed E-state index contributed by atoms with van der Waals surface area (Å²) in [5.41, 5.74) is 0.163. The predicted molar refractivity (Wildman–Crippen MR) is 79.7 cm³/mol. The summed E-state index contributed by atoms with van der Waals surface area (Å²) in [7, 11) is 0. The van der Waals surface area contributed by atoms with Gasteiger partial charge in [-0.05, 0) is 44.4 Å². The molecule has 20 heavy (non-hydrogen) atoms. The van der Waals surface area contributed by atoms with Crippen LogP contribution in [-0.4, -0.2) is 29.3 Å². The third-order valence-corrected chi connectivity index (χ3v) is 3.54. The highest BCUT2D eigenvalue weighted by Crippen LogP contribution is 2.16. The molecule has 0 spiro atoms. The highest BCUT2D eigenvalue weighted by molar-refractivity contribution is 5.80. The maximum absolute atomic E-state index is 12.0. The van der Waals surface area contributed by atoms with Crippen LogP contribution < -0.4 is 10.1 Å². The lowest BCUT2D eigenvalue weighted by Crippen LogP contribution is -2.47. The first kappa shape index (κ1) is 16.5. The monoisotopic (exact) mass is 279 g/mol. The molecule has 2 atom stereocenters. The van der Waals surface area contributed by atoms with Crippen molar-refractivity contribution in [3.8, 4) is 5.75 Å². The van der Waals surface area contributed by atoms with E-state index >= 15 is 0 Å². The first-order chi connectivity index (χ1) is 9.22. The van der Waals surface area contributed by atoms with Crippen molar-refractivity contribution in [2.75, 3.05) is 6.54 Å². The van der Waals surface area contributed by atoms with Gasteiger partial charge in [-0.25, -0.2) is 0 Å². The van der Waals surface area contributed by atoms with Crippen molar-refractivity contribution in [3.05, 3.63) is 29.8 Å². The molecule has 2 unspecified atom stereocenters. The van der Waals surface area contributed by atoms with Gasteiger partial charge < -0.3 is 15.2 Å². The molecule has 0 saturated heterocycles. The van der Waals surface area contributed by atoms with Crippen LogP contribution >= 0.6 is 0 Å². The Kier molecular flexibility index (Phi) is 5.57. The van der Waals surface area contributed by atoms with Gasteiger partial charge in [0.05, 0.1) is 5.60 Å². The first-order valence-electron chi connectivity index (χ1n) is 6.96. The van der Waals surface area contributed by atoms with Crippen molar-refractivity contribution in [2.24, 2.45) is 5.92 Å². The van der Waals surface area contributed by atoms with Gasteiger partial charge in [0, 0.05) is 6.54 Å². The number of aryl methyl sites for hydroxylation is 1. The van der Waals surface area contributed by atoms with E-state index in [4.69, 9.17) is 4.74 Å². The van der Waals surface area contributed by atoms with Gasteiger partial charge >= 0.3 is 0 Å². The summed E-state index contributed by atoms with van der Waals surface area (Å²) in [6.45, 7) is 9.42. The van der Waals surface area contributed by atoms with Crippen LogP contribution in [-0.2, 0) is 4.79 Å². The zero-order valence-corrected chi connectivity index (χ0v) is 12.9. The Morgan fingerprint density at radius 1 is 1.40 bits per heavy atom. The zero-order chi connectivity index (χ0) is 15.3. The molecule has 112 valence electrons. The number of rotatable bonds is 6. The van der Waals surface area contributed by atoms with Gasteiger partial charge in [0.25, 0.3) is 5.91 Å². The van der Waals surface area contributed by atoms with Crippen molar-refractivity contribution in [1.29, 1.82) is 0 Å². The Bertz CT molecular complexity index is 455. The molecule has 0 heterocycles. The maximum atomic E-state index is 12.0. The first-order valence-corrected chi connectivity index (χ1v) is 6.96. The van der Waals surface area contributed by atoms with Crippen LogP contribution in [0.5, 0.6) is 5.75 Å². The van der Waals surface area contributed by atoms with Gasteiger partial charge in [-0.2, -0.15) is 0 Å². The SMILES string of the molecule is Cc1cccc(OC(C)C(=O)NCC(C)(O)C(C)C)c1. The van der Waals surface area contributed by atoms with Crippen LogP contribution in [0.15, 0.2) is 24.3 Å². The Balaban J connectivity index is 2.52. The molecule has 0 saturated carbocycles. The van der Waals surface area contributed by atoms with E-state index in [-0.39, 0.29) is 18.4 Å². The number of hydrogen-bond acceptors (Lipinski definition) is 3. The largest absolute Gasteiger partial charge is 0.481 e. The van der Waals surface area contributed by atoms with Gasteiger partial charge in [0.2, 0.25) is 0 Å². The quantitative estimate of drug-likeness (QED) is 0.840. The smallest absolute Gasteiger partial charge is 0.260 e. The molecule has 0 aliphatic heterocycles. The minimum Gasteiger partial charge on any atom is -0.481 e. The van der Waals surface area contributed by atoms with Crippen LogP contribution in [0.3, 0.4) is 0 Å². The summed E-state index contributed by atoms with van der Waals surface area (Å²) >= 11 is 0. The summed E-state index contributed by atoms with van der Waals surface area (Å²) < 4.78 is 5.59. The number of aliphatic hydroxyl groups is 1. The van der Waals surface area contributed by atoms with Crippen molar-refractivity contribution >= 4 is 5.91 Å². The number of benzene rings is 1. The Hall–Kier alpha value is -1.55.